The van der Waals surface area contributed by atoms with Crippen LogP contribution in [0.1, 0.15) is 12.8 Å². The van der Waals surface area contributed by atoms with Crippen molar-refractivity contribution in [2.24, 2.45) is 5.92 Å². The number of rotatable bonds is 5. The minimum Gasteiger partial charge on any atom is -0.325 e. The number of para-hydroxylation sites is 2. The first-order chi connectivity index (χ1) is 16.0. The number of benzene rings is 3. The fourth-order valence-corrected chi connectivity index (χ4v) is 6.67. The zero-order valence-electron chi connectivity index (χ0n) is 17.8. The summed E-state index contributed by atoms with van der Waals surface area (Å²) in [4.78, 5) is 18.2. The van der Waals surface area contributed by atoms with Gasteiger partial charge in [-0.25, -0.2) is 13.4 Å². The predicted molar refractivity (Wildman–Crippen MR) is 132 cm³/mol. The molecule has 0 aliphatic carbocycles. The van der Waals surface area contributed by atoms with Gasteiger partial charge in [0.05, 0.1) is 26.7 Å². The number of nitrogens with one attached hydrogen (secondary N) is 1. The molecule has 5 rings (SSSR count). The van der Waals surface area contributed by atoms with Crippen LogP contribution in [0.5, 0.6) is 0 Å². The number of carbonyl (C=O) groups is 1. The molecule has 0 bridgehead atoms. The van der Waals surface area contributed by atoms with Crippen LogP contribution in [0, 0.1) is 5.92 Å². The normalized spacial score (nSPS) is 17.2. The highest BCUT2D eigenvalue weighted by Gasteiger charge is 2.33. The number of anilines is 1. The lowest BCUT2D eigenvalue weighted by Gasteiger charge is -2.31. The second-order valence-electron chi connectivity index (χ2n) is 8.04. The molecule has 0 spiro atoms. The third-order valence-corrected chi connectivity index (χ3v) is 8.79. The van der Waals surface area contributed by atoms with Gasteiger partial charge in [0, 0.05) is 18.7 Å². The fraction of sp³-hybridized carbons (Fsp3) is 0.200. The molecule has 0 saturated carbocycles. The van der Waals surface area contributed by atoms with Crippen molar-refractivity contribution < 1.29 is 13.2 Å². The Morgan fingerprint density at radius 1 is 0.970 bits per heavy atom. The molecule has 3 aromatic carbocycles. The van der Waals surface area contributed by atoms with Crippen molar-refractivity contribution in [1.82, 2.24) is 9.29 Å². The van der Waals surface area contributed by atoms with E-state index in [1.807, 2.05) is 48.5 Å². The van der Waals surface area contributed by atoms with Crippen LogP contribution in [0.2, 0.25) is 0 Å². The van der Waals surface area contributed by atoms with Gasteiger partial charge in [-0.3, -0.25) is 4.79 Å². The van der Waals surface area contributed by atoms with Crippen molar-refractivity contribution in [2.75, 3.05) is 18.4 Å². The number of hydrogen-bond donors (Lipinski definition) is 1. The van der Waals surface area contributed by atoms with Gasteiger partial charge in [-0.05, 0) is 49.2 Å². The zero-order valence-corrected chi connectivity index (χ0v) is 19.5. The van der Waals surface area contributed by atoms with E-state index in [4.69, 9.17) is 4.98 Å². The molecule has 1 fully saturated rings. The number of sulfonamides is 1. The zero-order chi connectivity index (χ0) is 22.8. The number of fused-ring (bicyclic) bond motifs is 1. The summed E-state index contributed by atoms with van der Waals surface area (Å²) >= 11 is 1.58. The standard InChI is InChI=1S/C25H23N3O3S2/c29-24(18-9-8-16-28(17-18)33(30,31)19-10-2-1-3-11-19)26-21-13-5-4-12-20(21)25-27-22-14-6-7-15-23(22)32-25/h1-7,10-15,18H,8-9,16-17H2,(H,26,29). The molecule has 2 heterocycles. The Balaban J connectivity index is 1.36. The largest absolute Gasteiger partial charge is 0.325 e. The first-order valence-electron chi connectivity index (χ1n) is 10.8. The monoisotopic (exact) mass is 477 g/mol. The lowest BCUT2D eigenvalue weighted by molar-refractivity contribution is -0.120. The first-order valence-corrected chi connectivity index (χ1v) is 13.1. The van der Waals surface area contributed by atoms with Gasteiger partial charge in [0.1, 0.15) is 5.01 Å². The van der Waals surface area contributed by atoms with E-state index in [9.17, 15) is 13.2 Å². The number of carbonyl (C=O) groups excluding carboxylic acids is 1. The Kier molecular flexibility index (Phi) is 5.97. The predicted octanol–water partition coefficient (Wildman–Crippen LogP) is 5.00. The minimum absolute atomic E-state index is 0.170. The van der Waals surface area contributed by atoms with E-state index in [1.165, 1.54) is 4.31 Å². The summed E-state index contributed by atoms with van der Waals surface area (Å²) in [6.45, 7) is 0.593. The van der Waals surface area contributed by atoms with E-state index in [-0.39, 0.29) is 17.3 Å². The number of amides is 1. The van der Waals surface area contributed by atoms with Gasteiger partial charge in [0.25, 0.3) is 0 Å². The topological polar surface area (TPSA) is 79.4 Å². The summed E-state index contributed by atoms with van der Waals surface area (Å²) in [5, 5.41) is 3.88. The Labute approximate surface area is 197 Å². The molecule has 6 nitrogen and oxygen atoms in total. The quantitative estimate of drug-likeness (QED) is 0.439. The maximum Gasteiger partial charge on any atom is 0.243 e. The van der Waals surface area contributed by atoms with Crippen molar-refractivity contribution >= 4 is 43.2 Å². The Hall–Kier alpha value is -3.07. The lowest BCUT2D eigenvalue weighted by atomic mass is 9.98. The van der Waals surface area contributed by atoms with Crippen molar-refractivity contribution in [3.63, 3.8) is 0 Å². The summed E-state index contributed by atoms with van der Waals surface area (Å²) in [6, 6.07) is 23.9. The Morgan fingerprint density at radius 2 is 1.70 bits per heavy atom. The van der Waals surface area contributed by atoms with E-state index in [1.54, 1.807) is 41.7 Å². The van der Waals surface area contributed by atoms with Gasteiger partial charge in [0.2, 0.25) is 15.9 Å². The summed E-state index contributed by atoms with van der Waals surface area (Å²) in [6.07, 6.45) is 1.29. The van der Waals surface area contributed by atoms with Crippen molar-refractivity contribution in [2.45, 2.75) is 17.7 Å². The van der Waals surface area contributed by atoms with Crippen LogP contribution in [0.15, 0.2) is 83.8 Å². The van der Waals surface area contributed by atoms with Crippen molar-refractivity contribution in [3.8, 4) is 10.6 Å². The van der Waals surface area contributed by atoms with Crippen LogP contribution in [0.4, 0.5) is 5.69 Å². The molecule has 1 N–H and O–H groups in total. The molecular formula is C25H23N3O3S2. The van der Waals surface area contributed by atoms with E-state index in [0.717, 1.165) is 20.8 Å². The molecular weight excluding hydrogens is 454 g/mol. The van der Waals surface area contributed by atoms with Gasteiger partial charge < -0.3 is 5.32 Å². The summed E-state index contributed by atoms with van der Waals surface area (Å²) in [5.74, 6) is -0.586. The van der Waals surface area contributed by atoms with E-state index >= 15 is 0 Å². The second-order valence-corrected chi connectivity index (χ2v) is 11.0. The summed E-state index contributed by atoms with van der Waals surface area (Å²) in [5.41, 5.74) is 2.47. The first kappa shape index (κ1) is 21.8. The lowest BCUT2D eigenvalue weighted by Crippen LogP contribution is -2.43. The molecule has 1 saturated heterocycles. The van der Waals surface area contributed by atoms with Gasteiger partial charge in [-0.2, -0.15) is 4.31 Å². The number of piperidine rings is 1. The molecule has 168 valence electrons. The number of aromatic nitrogens is 1. The van der Waals surface area contributed by atoms with Crippen molar-refractivity contribution in [1.29, 1.82) is 0 Å². The molecule has 1 unspecified atom stereocenters. The minimum atomic E-state index is -3.62. The maximum absolute atomic E-state index is 13.2. The Morgan fingerprint density at radius 3 is 2.52 bits per heavy atom. The second kappa shape index (κ2) is 9.05. The van der Waals surface area contributed by atoms with E-state index < -0.39 is 15.9 Å². The van der Waals surface area contributed by atoms with Crippen molar-refractivity contribution in [3.05, 3.63) is 78.9 Å². The highest BCUT2D eigenvalue weighted by Crippen LogP contribution is 2.35. The average Bonchev–Trinajstić information content (AvgIpc) is 3.29. The summed E-state index contributed by atoms with van der Waals surface area (Å²) < 4.78 is 28.6. The highest BCUT2D eigenvalue weighted by molar-refractivity contribution is 7.89. The van der Waals surface area contributed by atoms with Gasteiger partial charge in [-0.15, -0.1) is 11.3 Å². The number of thiazole rings is 1. The third kappa shape index (κ3) is 4.42. The third-order valence-electron chi connectivity index (χ3n) is 5.85. The van der Waals surface area contributed by atoms with Crippen LogP contribution in [-0.2, 0) is 14.8 Å². The van der Waals surface area contributed by atoms with Crippen LogP contribution in [0.3, 0.4) is 0 Å². The highest BCUT2D eigenvalue weighted by atomic mass is 32.2. The molecule has 1 atom stereocenters. The molecule has 1 aromatic heterocycles. The van der Waals surface area contributed by atoms with Gasteiger partial charge in [0.15, 0.2) is 0 Å². The van der Waals surface area contributed by atoms with Crippen LogP contribution < -0.4 is 5.32 Å². The average molecular weight is 478 g/mol. The molecule has 33 heavy (non-hydrogen) atoms. The van der Waals surface area contributed by atoms with E-state index in [0.29, 0.717) is 25.1 Å². The fourth-order valence-electron chi connectivity index (χ4n) is 4.12. The number of nitrogens with zero attached hydrogens (tertiary/aromatic N) is 2. The molecule has 1 aliphatic heterocycles. The molecule has 4 aromatic rings. The molecule has 1 amide bonds. The Bertz CT molecular complexity index is 1370. The maximum atomic E-state index is 13.2. The molecule has 0 radical (unpaired) electrons. The smallest absolute Gasteiger partial charge is 0.243 e. The molecule has 1 aliphatic rings. The molecule has 8 heteroatoms. The van der Waals surface area contributed by atoms with Crippen LogP contribution in [-0.4, -0.2) is 36.7 Å². The van der Waals surface area contributed by atoms with Crippen LogP contribution in [0.25, 0.3) is 20.8 Å². The SMILES string of the molecule is O=C(Nc1ccccc1-c1nc2ccccc2s1)C1CCCN(S(=O)(=O)c2ccccc2)C1. The number of hydrogen-bond acceptors (Lipinski definition) is 5. The summed E-state index contributed by atoms with van der Waals surface area (Å²) in [7, 11) is -3.62. The van der Waals surface area contributed by atoms with E-state index in [2.05, 4.69) is 5.32 Å². The van der Waals surface area contributed by atoms with Gasteiger partial charge in [-0.1, -0.05) is 42.5 Å². The van der Waals surface area contributed by atoms with Crippen LogP contribution >= 0.6 is 11.3 Å². The van der Waals surface area contributed by atoms with Gasteiger partial charge >= 0.3 is 0 Å².